The Kier molecular flexibility index (Phi) is 3.27. The fraction of sp³-hybridized carbons (Fsp3) is 0.200. The largest absolute Gasteiger partial charge is 0.381 e. The first-order valence-corrected chi connectivity index (χ1v) is 8.60. The van der Waals surface area contributed by atoms with Crippen LogP contribution in [-0.4, -0.2) is 0 Å². The van der Waals surface area contributed by atoms with Gasteiger partial charge < -0.3 is 5.32 Å². The molecule has 1 atom stereocenters. The molecule has 0 spiro atoms. The number of nitrogens with one attached hydrogen (secondary N) is 1. The molecule has 1 nitrogen and oxygen atoms in total. The summed E-state index contributed by atoms with van der Waals surface area (Å²) in [6, 6.07) is 15.6. The van der Waals surface area contributed by atoms with Crippen molar-refractivity contribution in [2.45, 2.75) is 19.9 Å². The number of hydrogen-bond donors (Lipinski definition) is 1. The van der Waals surface area contributed by atoms with E-state index in [2.05, 4.69) is 80.0 Å². The summed E-state index contributed by atoms with van der Waals surface area (Å²) in [5, 5.41) is 6.24. The molecule has 110 valence electrons. The van der Waals surface area contributed by atoms with Crippen LogP contribution in [0.4, 0.5) is 0 Å². The van der Waals surface area contributed by atoms with E-state index in [0.717, 1.165) is 0 Å². The van der Waals surface area contributed by atoms with Gasteiger partial charge in [0.15, 0.2) is 0 Å². The number of thiophene rings is 1. The molecule has 1 aromatic heterocycles. The summed E-state index contributed by atoms with van der Waals surface area (Å²) in [6.45, 7) is 4.50. The Balaban J connectivity index is 1.90. The van der Waals surface area contributed by atoms with Crippen molar-refractivity contribution in [2.75, 3.05) is 0 Å². The second-order valence-corrected chi connectivity index (χ2v) is 7.17. The van der Waals surface area contributed by atoms with Gasteiger partial charge in [-0.25, -0.2) is 0 Å². The molecule has 1 aliphatic heterocycles. The average molecular weight is 305 g/mol. The normalized spacial score (nSPS) is 18.0. The Labute approximate surface area is 135 Å². The molecule has 22 heavy (non-hydrogen) atoms. The van der Waals surface area contributed by atoms with Gasteiger partial charge in [0.2, 0.25) is 0 Å². The number of benzene rings is 2. The molecule has 4 rings (SSSR count). The molecule has 0 saturated heterocycles. The topological polar surface area (TPSA) is 12.0 Å². The number of allylic oxidation sites excluding steroid dienone is 2. The first kappa shape index (κ1) is 13.6. The highest BCUT2D eigenvalue weighted by atomic mass is 32.1. The summed E-state index contributed by atoms with van der Waals surface area (Å²) >= 11 is 1.90. The molecule has 2 aromatic carbocycles. The van der Waals surface area contributed by atoms with Gasteiger partial charge in [0.1, 0.15) is 0 Å². The van der Waals surface area contributed by atoms with Gasteiger partial charge in [-0.1, -0.05) is 56.3 Å². The Bertz CT molecular complexity index is 898. The maximum atomic E-state index is 3.51. The van der Waals surface area contributed by atoms with Crippen LogP contribution in [0.15, 0.2) is 66.4 Å². The zero-order valence-electron chi connectivity index (χ0n) is 12.8. The molecule has 0 aliphatic carbocycles. The minimum atomic E-state index is 0.263. The lowest BCUT2D eigenvalue weighted by Crippen LogP contribution is -2.17. The number of fused-ring (bicyclic) bond motifs is 3. The van der Waals surface area contributed by atoms with Crippen LogP contribution in [0.1, 0.15) is 25.5 Å². The van der Waals surface area contributed by atoms with Gasteiger partial charge in [0.25, 0.3) is 0 Å². The van der Waals surface area contributed by atoms with Crippen LogP contribution in [0.25, 0.3) is 20.2 Å². The average Bonchev–Trinajstić information content (AvgIpc) is 2.93. The van der Waals surface area contributed by atoms with Gasteiger partial charge in [0, 0.05) is 20.2 Å². The Morgan fingerprint density at radius 3 is 2.68 bits per heavy atom. The molecule has 1 unspecified atom stereocenters. The highest BCUT2D eigenvalue weighted by Crippen LogP contribution is 2.38. The number of dihydropyridines is 1. The zero-order chi connectivity index (χ0) is 15.1. The third-order valence-corrected chi connectivity index (χ3v) is 5.58. The van der Waals surface area contributed by atoms with E-state index in [-0.39, 0.29) is 6.04 Å². The molecular formula is C20H19NS. The van der Waals surface area contributed by atoms with E-state index in [1.807, 2.05) is 11.3 Å². The molecular weight excluding hydrogens is 286 g/mol. The molecule has 0 radical (unpaired) electrons. The van der Waals surface area contributed by atoms with E-state index in [0.29, 0.717) is 5.92 Å². The Morgan fingerprint density at radius 2 is 1.82 bits per heavy atom. The third kappa shape index (κ3) is 2.15. The second kappa shape index (κ2) is 5.29. The fourth-order valence-corrected chi connectivity index (χ4v) is 4.38. The van der Waals surface area contributed by atoms with Gasteiger partial charge in [-0.15, -0.1) is 11.3 Å². The predicted molar refractivity (Wildman–Crippen MR) is 97.3 cm³/mol. The maximum absolute atomic E-state index is 3.51. The third-order valence-electron chi connectivity index (χ3n) is 4.35. The summed E-state index contributed by atoms with van der Waals surface area (Å²) in [5.41, 5.74) is 2.78. The molecule has 1 aliphatic rings. The SMILES string of the molecule is CC(C)C1=CC(c2cccc3c2sc2ccccc23)NC=C1. The fourth-order valence-electron chi connectivity index (χ4n) is 3.12. The minimum absolute atomic E-state index is 0.263. The van der Waals surface area contributed by atoms with Crippen LogP contribution in [-0.2, 0) is 0 Å². The summed E-state index contributed by atoms with van der Waals surface area (Å²) < 4.78 is 2.76. The van der Waals surface area contributed by atoms with Crippen LogP contribution in [0, 0.1) is 5.92 Å². The molecule has 2 heteroatoms. The summed E-state index contributed by atoms with van der Waals surface area (Å²) in [5.74, 6) is 0.558. The summed E-state index contributed by atoms with van der Waals surface area (Å²) in [7, 11) is 0. The van der Waals surface area contributed by atoms with Crippen molar-refractivity contribution in [2.24, 2.45) is 5.92 Å². The number of rotatable bonds is 2. The first-order valence-electron chi connectivity index (χ1n) is 7.78. The van der Waals surface area contributed by atoms with Gasteiger partial charge >= 0.3 is 0 Å². The van der Waals surface area contributed by atoms with Crippen molar-refractivity contribution in [3.63, 3.8) is 0 Å². The quantitative estimate of drug-likeness (QED) is 0.631. The van der Waals surface area contributed by atoms with Gasteiger partial charge in [-0.2, -0.15) is 0 Å². The van der Waals surface area contributed by atoms with Crippen molar-refractivity contribution >= 4 is 31.5 Å². The van der Waals surface area contributed by atoms with Gasteiger partial charge in [-0.3, -0.25) is 0 Å². The van der Waals surface area contributed by atoms with Crippen molar-refractivity contribution < 1.29 is 0 Å². The highest BCUT2D eigenvalue weighted by Gasteiger charge is 2.17. The van der Waals surface area contributed by atoms with Crippen molar-refractivity contribution in [3.05, 3.63) is 72.0 Å². The number of hydrogen-bond acceptors (Lipinski definition) is 2. The lowest BCUT2D eigenvalue weighted by Gasteiger charge is -2.21. The Hall–Kier alpha value is -2.06. The minimum Gasteiger partial charge on any atom is -0.381 e. The predicted octanol–water partition coefficient (Wildman–Crippen LogP) is 5.79. The molecule has 2 heterocycles. The van der Waals surface area contributed by atoms with E-state index in [9.17, 15) is 0 Å². The van der Waals surface area contributed by atoms with E-state index in [1.165, 1.54) is 31.3 Å². The van der Waals surface area contributed by atoms with Crippen LogP contribution < -0.4 is 5.32 Å². The van der Waals surface area contributed by atoms with Crippen LogP contribution >= 0.6 is 11.3 Å². The maximum Gasteiger partial charge on any atom is 0.0712 e. The second-order valence-electron chi connectivity index (χ2n) is 6.12. The summed E-state index contributed by atoms with van der Waals surface area (Å²) in [6.07, 6.45) is 6.64. The standard InChI is InChI=1S/C20H19NS/c1-13(2)14-10-11-21-18(12-14)17-8-5-7-16-15-6-3-4-9-19(15)22-20(16)17/h3-13,18,21H,1-2H3. The molecule has 0 saturated carbocycles. The monoisotopic (exact) mass is 305 g/mol. The highest BCUT2D eigenvalue weighted by molar-refractivity contribution is 7.26. The van der Waals surface area contributed by atoms with E-state index < -0.39 is 0 Å². The van der Waals surface area contributed by atoms with Crippen molar-refractivity contribution in [1.82, 2.24) is 5.32 Å². The molecule has 0 fully saturated rings. The molecule has 1 N–H and O–H groups in total. The van der Waals surface area contributed by atoms with Gasteiger partial charge in [-0.05, 0) is 35.4 Å². The zero-order valence-corrected chi connectivity index (χ0v) is 13.7. The van der Waals surface area contributed by atoms with E-state index in [4.69, 9.17) is 0 Å². The van der Waals surface area contributed by atoms with Crippen molar-refractivity contribution in [1.29, 1.82) is 0 Å². The molecule has 0 amide bonds. The molecule has 3 aromatic rings. The summed E-state index contributed by atoms with van der Waals surface area (Å²) in [4.78, 5) is 0. The van der Waals surface area contributed by atoms with Crippen LogP contribution in [0.5, 0.6) is 0 Å². The molecule has 0 bridgehead atoms. The Morgan fingerprint density at radius 1 is 1.00 bits per heavy atom. The smallest absolute Gasteiger partial charge is 0.0712 e. The van der Waals surface area contributed by atoms with E-state index >= 15 is 0 Å². The van der Waals surface area contributed by atoms with Crippen LogP contribution in [0.3, 0.4) is 0 Å². The lowest BCUT2D eigenvalue weighted by molar-refractivity contribution is 0.702. The first-order chi connectivity index (χ1) is 10.7. The van der Waals surface area contributed by atoms with Gasteiger partial charge in [0.05, 0.1) is 6.04 Å². The van der Waals surface area contributed by atoms with E-state index in [1.54, 1.807) is 0 Å². The van der Waals surface area contributed by atoms with Crippen LogP contribution in [0.2, 0.25) is 0 Å². The van der Waals surface area contributed by atoms with Crippen molar-refractivity contribution in [3.8, 4) is 0 Å². The lowest BCUT2D eigenvalue weighted by atomic mass is 9.94.